The van der Waals surface area contributed by atoms with Gasteiger partial charge in [-0.25, -0.2) is 14.4 Å². The first-order valence-electron chi connectivity index (χ1n) is 7.64. The molecular formula is C18H13FIN5. The summed E-state index contributed by atoms with van der Waals surface area (Å²) in [4.78, 5) is 9.38. The summed E-state index contributed by atoms with van der Waals surface area (Å²) >= 11 is 2.27. The van der Waals surface area contributed by atoms with E-state index in [1.165, 1.54) is 12.1 Å². The number of nitrogens with zero attached hydrogens (tertiary/aromatic N) is 3. The maximum atomic E-state index is 13.2. The number of aromatic amines is 1. The van der Waals surface area contributed by atoms with Crippen LogP contribution in [0.5, 0.6) is 0 Å². The summed E-state index contributed by atoms with van der Waals surface area (Å²) < 4.78 is 13.1. The molecule has 2 aromatic carbocycles. The highest BCUT2D eigenvalue weighted by atomic mass is 127. The van der Waals surface area contributed by atoms with Crippen molar-refractivity contribution in [3.63, 3.8) is 0 Å². The minimum absolute atomic E-state index is 0.0949. The lowest BCUT2D eigenvalue weighted by Gasteiger charge is -2.13. The smallest absolute Gasteiger partial charge is 0.153 e. The normalized spacial score (nSPS) is 12.2. The van der Waals surface area contributed by atoms with Crippen molar-refractivity contribution in [2.24, 2.45) is 0 Å². The zero-order valence-corrected chi connectivity index (χ0v) is 15.1. The van der Waals surface area contributed by atoms with Gasteiger partial charge in [-0.3, -0.25) is 5.10 Å². The molecule has 0 spiro atoms. The third-order valence-electron chi connectivity index (χ3n) is 3.76. The van der Waals surface area contributed by atoms with Crippen molar-refractivity contribution in [3.05, 3.63) is 78.0 Å². The van der Waals surface area contributed by atoms with Crippen molar-refractivity contribution in [2.75, 3.05) is 5.32 Å². The maximum Gasteiger partial charge on any atom is 0.153 e. The molecule has 0 radical (unpaired) electrons. The van der Waals surface area contributed by atoms with E-state index in [1.54, 1.807) is 18.3 Å². The molecule has 2 heterocycles. The summed E-state index contributed by atoms with van der Waals surface area (Å²) in [6.07, 6.45) is 1.74. The van der Waals surface area contributed by atoms with Gasteiger partial charge in [0.2, 0.25) is 0 Å². The number of nitrogens with one attached hydrogen (secondary N) is 2. The molecule has 0 bridgehead atoms. The zero-order valence-electron chi connectivity index (χ0n) is 12.9. The lowest BCUT2D eigenvalue weighted by molar-refractivity contribution is 0.627. The predicted octanol–water partition coefficient (Wildman–Crippen LogP) is 4.76. The molecule has 124 valence electrons. The number of halogens is 2. The van der Waals surface area contributed by atoms with E-state index in [0.29, 0.717) is 17.5 Å². The van der Waals surface area contributed by atoms with Crippen LogP contribution in [0, 0.1) is 5.82 Å². The number of aromatic nitrogens is 4. The number of hydrogen-bond donors (Lipinski definition) is 2. The third kappa shape index (κ3) is 3.32. The van der Waals surface area contributed by atoms with Crippen LogP contribution in [0.2, 0.25) is 0 Å². The summed E-state index contributed by atoms with van der Waals surface area (Å²) in [5, 5.41) is 11.0. The molecule has 0 aliphatic carbocycles. The number of fused-ring (bicyclic) bond motifs is 1. The summed E-state index contributed by atoms with van der Waals surface area (Å²) in [6.45, 7) is 0. The average Bonchev–Trinajstić information content (AvgIpc) is 3.15. The molecule has 0 amide bonds. The predicted molar refractivity (Wildman–Crippen MR) is 104 cm³/mol. The molecule has 4 aromatic rings. The van der Waals surface area contributed by atoms with Crippen LogP contribution >= 0.6 is 22.6 Å². The molecule has 0 fully saturated rings. The van der Waals surface area contributed by atoms with E-state index in [4.69, 9.17) is 4.98 Å². The second kappa shape index (κ2) is 6.75. The summed E-state index contributed by atoms with van der Waals surface area (Å²) in [5.74, 6) is 1.77. The van der Waals surface area contributed by atoms with E-state index in [0.717, 1.165) is 16.5 Å². The molecule has 0 aliphatic heterocycles. The third-order valence-corrected chi connectivity index (χ3v) is 5.03. The van der Waals surface area contributed by atoms with Crippen molar-refractivity contribution in [1.82, 2.24) is 20.2 Å². The van der Waals surface area contributed by atoms with Crippen molar-refractivity contribution >= 4 is 45.1 Å². The molecule has 2 aromatic heterocycles. The van der Waals surface area contributed by atoms with Crippen LogP contribution in [-0.4, -0.2) is 20.2 Å². The molecule has 0 aliphatic rings. The van der Waals surface area contributed by atoms with E-state index < -0.39 is 0 Å². The van der Waals surface area contributed by atoms with E-state index in [2.05, 4.69) is 43.1 Å². The fourth-order valence-electron chi connectivity index (χ4n) is 2.54. The second-order valence-electron chi connectivity index (χ2n) is 5.45. The van der Waals surface area contributed by atoms with Gasteiger partial charge >= 0.3 is 0 Å². The maximum absolute atomic E-state index is 13.2. The largest absolute Gasteiger partial charge is 0.323 e. The first-order valence-corrected chi connectivity index (χ1v) is 8.88. The summed E-state index contributed by atoms with van der Waals surface area (Å²) in [5.41, 5.74) is 1.79. The molecule has 0 saturated carbocycles. The van der Waals surface area contributed by atoms with Crippen molar-refractivity contribution < 1.29 is 4.39 Å². The molecular weight excluding hydrogens is 432 g/mol. The Hall–Kier alpha value is -2.55. The highest BCUT2D eigenvalue weighted by molar-refractivity contribution is 14.1. The Morgan fingerprint density at radius 1 is 1.00 bits per heavy atom. The van der Waals surface area contributed by atoms with Gasteiger partial charge in [0.05, 0.1) is 9.44 Å². The Bertz CT molecular complexity index is 1000. The Kier molecular flexibility index (Phi) is 4.31. The fraction of sp³-hybridized carbons (Fsp3) is 0.0556. The molecule has 1 atom stereocenters. The van der Waals surface area contributed by atoms with Crippen LogP contribution in [0.25, 0.3) is 10.9 Å². The van der Waals surface area contributed by atoms with Crippen LogP contribution in [0.3, 0.4) is 0 Å². The topological polar surface area (TPSA) is 66.5 Å². The van der Waals surface area contributed by atoms with Crippen LogP contribution in [0.15, 0.2) is 60.8 Å². The fourth-order valence-corrected chi connectivity index (χ4v) is 3.23. The van der Waals surface area contributed by atoms with E-state index in [9.17, 15) is 4.39 Å². The molecule has 4 rings (SSSR count). The van der Waals surface area contributed by atoms with Crippen molar-refractivity contribution in [3.8, 4) is 0 Å². The number of H-pyrrole nitrogens is 1. The number of anilines is 2. The van der Waals surface area contributed by atoms with Crippen LogP contribution in [0.1, 0.15) is 15.3 Å². The van der Waals surface area contributed by atoms with Gasteiger partial charge in [-0.15, -0.1) is 0 Å². The van der Waals surface area contributed by atoms with Crippen LogP contribution in [0.4, 0.5) is 16.0 Å². The molecule has 0 saturated heterocycles. The van der Waals surface area contributed by atoms with Gasteiger partial charge in [0.15, 0.2) is 5.82 Å². The lowest BCUT2D eigenvalue weighted by Crippen LogP contribution is -2.05. The minimum atomic E-state index is -0.257. The van der Waals surface area contributed by atoms with E-state index >= 15 is 0 Å². The van der Waals surface area contributed by atoms with Crippen molar-refractivity contribution in [1.29, 1.82) is 0 Å². The summed E-state index contributed by atoms with van der Waals surface area (Å²) in [7, 11) is 0. The first kappa shape index (κ1) is 15.9. The number of rotatable bonds is 4. The summed E-state index contributed by atoms with van der Waals surface area (Å²) in [6, 6.07) is 16.0. The van der Waals surface area contributed by atoms with Gasteiger partial charge < -0.3 is 5.32 Å². The van der Waals surface area contributed by atoms with Crippen LogP contribution < -0.4 is 5.32 Å². The number of para-hydroxylation sites is 1. The molecule has 2 N–H and O–H groups in total. The average molecular weight is 445 g/mol. The Morgan fingerprint density at radius 3 is 2.56 bits per heavy atom. The van der Waals surface area contributed by atoms with Gasteiger partial charge in [0.25, 0.3) is 0 Å². The monoisotopic (exact) mass is 445 g/mol. The van der Waals surface area contributed by atoms with Gasteiger partial charge in [-0.2, -0.15) is 5.10 Å². The standard InChI is InChI=1S/C18H13FIN5/c19-12-7-5-11(6-8-12)16(20)18-22-14-4-2-1-3-13(14)17(24-18)23-15-9-10-21-25-15/h1-10,16H,(H2,21,22,23,24,25). The van der Waals surface area contributed by atoms with Crippen molar-refractivity contribution in [2.45, 2.75) is 3.92 Å². The van der Waals surface area contributed by atoms with E-state index in [-0.39, 0.29) is 9.74 Å². The Morgan fingerprint density at radius 2 is 1.80 bits per heavy atom. The van der Waals surface area contributed by atoms with Gasteiger partial charge in [-0.05, 0) is 29.8 Å². The Balaban J connectivity index is 1.80. The lowest BCUT2D eigenvalue weighted by atomic mass is 10.1. The second-order valence-corrected chi connectivity index (χ2v) is 6.69. The quantitative estimate of drug-likeness (QED) is 0.351. The highest BCUT2D eigenvalue weighted by Gasteiger charge is 2.17. The van der Waals surface area contributed by atoms with Crippen LogP contribution in [-0.2, 0) is 0 Å². The highest BCUT2D eigenvalue weighted by Crippen LogP contribution is 2.32. The van der Waals surface area contributed by atoms with Gasteiger partial charge in [-0.1, -0.05) is 46.9 Å². The SMILES string of the molecule is Fc1ccc(C(I)c2nc(Nc3cc[nH]n3)c3ccccc3n2)cc1. The van der Waals surface area contributed by atoms with Gasteiger partial charge in [0, 0.05) is 17.6 Å². The molecule has 7 heteroatoms. The number of hydrogen-bond acceptors (Lipinski definition) is 4. The Labute approximate surface area is 156 Å². The number of alkyl halides is 1. The molecule has 1 unspecified atom stereocenters. The first-order chi connectivity index (χ1) is 12.2. The van der Waals surface area contributed by atoms with E-state index in [1.807, 2.05) is 30.3 Å². The molecule has 5 nitrogen and oxygen atoms in total. The molecule has 25 heavy (non-hydrogen) atoms. The van der Waals surface area contributed by atoms with Gasteiger partial charge in [0.1, 0.15) is 17.5 Å². The minimum Gasteiger partial charge on any atom is -0.323 e. The number of benzene rings is 2. The zero-order chi connectivity index (χ0) is 17.2.